The van der Waals surface area contributed by atoms with Crippen LogP contribution in [0.15, 0.2) is 18.2 Å². The highest BCUT2D eigenvalue weighted by atomic mass is 16.6. The van der Waals surface area contributed by atoms with Crippen molar-refractivity contribution < 1.29 is 19.2 Å². The number of hydrogen-bond donors (Lipinski definition) is 1. The van der Waals surface area contributed by atoms with Crippen LogP contribution in [0.5, 0.6) is 5.75 Å². The van der Waals surface area contributed by atoms with Gasteiger partial charge in [0.05, 0.1) is 18.1 Å². The first-order valence-electron chi connectivity index (χ1n) is 9.56. The van der Waals surface area contributed by atoms with Gasteiger partial charge in [0.25, 0.3) is 5.91 Å². The molecular formula is C20H25N3O5. The third-order valence-electron chi connectivity index (χ3n) is 5.32. The second kappa shape index (κ2) is 9.53. The largest absolute Gasteiger partial charge is 0.474 e. The number of carbonyl (C=O) groups excluding carboxylic acids is 1. The molecule has 1 N–H and O–H groups in total. The monoisotopic (exact) mass is 387 g/mol. The zero-order chi connectivity index (χ0) is 19.9. The number of benzene rings is 1. The highest BCUT2D eigenvalue weighted by Crippen LogP contribution is 2.29. The molecule has 28 heavy (non-hydrogen) atoms. The molecule has 0 atom stereocenters. The van der Waals surface area contributed by atoms with E-state index in [4.69, 9.17) is 15.9 Å². The maximum Gasteiger partial charge on any atom is 0.311 e. The first kappa shape index (κ1) is 20.1. The van der Waals surface area contributed by atoms with Gasteiger partial charge in [-0.05, 0) is 31.7 Å². The van der Waals surface area contributed by atoms with Gasteiger partial charge >= 0.3 is 5.69 Å². The number of terminal acetylenes is 1. The van der Waals surface area contributed by atoms with E-state index in [1.807, 2.05) is 0 Å². The predicted molar refractivity (Wildman–Crippen MR) is 103 cm³/mol. The van der Waals surface area contributed by atoms with Gasteiger partial charge in [0, 0.05) is 42.9 Å². The Morgan fingerprint density at radius 1 is 1.32 bits per heavy atom. The number of ether oxygens (including phenoxy) is 2. The molecule has 8 heteroatoms. The van der Waals surface area contributed by atoms with Gasteiger partial charge in [0.15, 0.2) is 5.75 Å². The van der Waals surface area contributed by atoms with Crippen LogP contribution >= 0.6 is 0 Å². The lowest BCUT2D eigenvalue weighted by molar-refractivity contribution is -0.385. The van der Waals surface area contributed by atoms with Crippen LogP contribution in [0.2, 0.25) is 0 Å². The van der Waals surface area contributed by atoms with Crippen LogP contribution in [0, 0.1) is 22.5 Å². The van der Waals surface area contributed by atoms with Crippen molar-refractivity contribution in [1.82, 2.24) is 10.2 Å². The Kier molecular flexibility index (Phi) is 6.85. The summed E-state index contributed by atoms with van der Waals surface area (Å²) >= 11 is 0. The van der Waals surface area contributed by atoms with Gasteiger partial charge in [-0.15, -0.1) is 6.42 Å². The van der Waals surface area contributed by atoms with Crippen LogP contribution in [-0.4, -0.2) is 60.7 Å². The van der Waals surface area contributed by atoms with E-state index < -0.39 is 4.92 Å². The minimum Gasteiger partial charge on any atom is -0.474 e. The third-order valence-corrected chi connectivity index (χ3v) is 5.32. The fourth-order valence-corrected chi connectivity index (χ4v) is 3.84. The molecule has 0 aromatic heterocycles. The van der Waals surface area contributed by atoms with Crippen LogP contribution in [0.1, 0.15) is 36.0 Å². The summed E-state index contributed by atoms with van der Waals surface area (Å²) in [6, 6.07) is 4.76. The average Bonchev–Trinajstić information content (AvgIpc) is 2.73. The fraction of sp³-hybridized carbons (Fsp3) is 0.550. The SMILES string of the molecule is C#CCOc1cc(C(=O)NC2CCC(N3CCOCC3)CC2)ccc1[N+](=O)[O-]. The normalized spacial score (nSPS) is 22.8. The summed E-state index contributed by atoms with van der Waals surface area (Å²) in [4.78, 5) is 25.6. The predicted octanol–water partition coefficient (Wildman–Crippen LogP) is 1.98. The van der Waals surface area contributed by atoms with Crippen molar-refractivity contribution in [1.29, 1.82) is 0 Å². The number of amides is 1. The van der Waals surface area contributed by atoms with Crippen molar-refractivity contribution in [3.63, 3.8) is 0 Å². The zero-order valence-electron chi connectivity index (χ0n) is 15.8. The van der Waals surface area contributed by atoms with E-state index in [1.54, 1.807) is 0 Å². The summed E-state index contributed by atoms with van der Waals surface area (Å²) in [5.41, 5.74) is 0.116. The highest BCUT2D eigenvalue weighted by molar-refractivity contribution is 5.95. The van der Waals surface area contributed by atoms with Crippen LogP contribution in [-0.2, 0) is 4.74 Å². The minimum absolute atomic E-state index is 0.00613. The van der Waals surface area contributed by atoms with E-state index >= 15 is 0 Å². The molecule has 1 amide bonds. The molecule has 1 aromatic rings. The average molecular weight is 387 g/mol. The topological polar surface area (TPSA) is 93.9 Å². The summed E-state index contributed by atoms with van der Waals surface area (Å²) in [5, 5.41) is 14.1. The molecule has 0 radical (unpaired) electrons. The molecule has 1 aliphatic carbocycles. The van der Waals surface area contributed by atoms with E-state index in [9.17, 15) is 14.9 Å². The summed E-state index contributed by atoms with van der Waals surface area (Å²) < 4.78 is 10.6. The Balaban J connectivity index is 1.57. The standard InChI is InChI=1S/C20H25N3O5/c1-2-11-28-19-14-15(3-8-18(19)23(25)26)20(24)21-16-4-6-17(7-5-16)22-9-12-27-13-10-22/h1,3,8,14,16-17H,4-7,9-13H2,(H,21,24). The number of nitrogens with one attached hydrogen (secondary N) is 1. The van der Waals surface area contributed by atoms with Crippen molar-refractivity contribution in [3.8, 4) is 18.1 Å². The molecule has 1 saturated carbocycles. The molecule has 1 heterocycles. The molecule has 2 fully saturated rings. The lowest BCUT2D eigenvalue weighted by Crippen LogP contribution is -2.47. The second-order valence-electron chi connectivity index (χ2n) is 7.06. The van der Waals surface area contributed by atoms with Crippen molar-refractivity contribution in [3.05, 3.63) is 33.9 Å². The first-order valence-corrected chi connectivity index (χ1v) is 9.56. The molecule has 1 saturated heterocycles. The quantitative estimate of drug-likeness (QED) is 0.456. The van der Waals surface area contributed by atoms with Crippen molar-refractivity contribution in [2.24, 2.45) is 0 Å². The van der Waals surface area contributed by atoms with E-state index in [2.05, 4.69) is 16.1 Å². The summed E-state index contributed by atoms with van der Waals surface area (Å²) in [6.45, 7) is 3.44. The number of nitrogens with zero attached hydrogens (tertiary/aromatic N) is 2. The van der Waals surface area contributed by atoms with Gasteiger partial charge in [-0.3, -0.25) is 19.8 Å². The molecule has 3 rings (SSSR count). The lowest BCUT2D eigenvalue weighted by Gasteiger charge is -2.38. The Morgan fingerprint density at radius 2 is 2.04 bits per heavy atom. The van der Waals surface area contributed by atoms with Gasteiger partial charge in [0.2, 0.25) is 0 Å². The molecule has 150 valence electrons. The third kappa shape index (κ3) is 5.00. The van der Waals surface area contributed by atoms with Crippen LogP contribution in [0.4, 0.5) is 5.69 Å². The number of rotatable bonds is 6. The van der Waals surface area contributed by atoms with Gasteiger partial charge < -0.3 is 14.8 Å². The number of nitro groups is 1. The van der Waals surface area contributed by atoms with Crippen molar-refractivity contribution in [2.75, 3.05) is 32.9 Å². The van der Waals surface area contributed by atoms with E-state index in [-0.39, 0.29) is 30.0 Å². The summed E-state index contributed by atoms with van der Waals surface area (Å²) in [7, 11) is 0. The number of morpholine rings is 1. The Morgan fingerprint density at radius 3 is 2.68 bits per heavy atom. The number of carbonyl (C=O) groups is 1. The van der Waals surface area contributed by atoms with E-state index in [0.29, 0.717) is 11.6 Å². The maximum atomic E-state index is 12.6. The van der Waals surface area contributed by atoms with Gasteiger partial charge in [0.1, 0.15) is 6.61 Å². The molecule has 0 unspecified atom stereocenters. The van der Waals surface area contributed by atoms with Crippen LogP contribution < -0.4 is 10.1 Å². The van der Waals surface area contributed by atoms with Gasteiger partial charge in [-0.1, -0.05) is 5.92 Å². The van der Waals surface area contributed by atoms with Crippen LogP contribution in [0.25, 0.3) is 0 Å². The highest BCUT2D eigenvalue weighted by Gasteiger charge is 2.28. The van der Waals surface area contributed by atoms with Gasteiger partial charge in [-0.2, -0.15) is 0 Å². The molecule has 1 aliphatic heterocycles. The number of nitro benzene ring substituents is 1. The zero-order valence-corrected chi connectivity index (χ0v) is 15.8. The van der Waals surface area contributed by atoms with E-state index in [1.165, 1.54) is 18.2 Å². The van der Waals surface area contributed by atoms with Crippen molar-refractivity contribution in [2.45, 2.75) is 37.8 Å². The van der Waals surface area contributed by atoms with Crippen LogP contribution in [0.3, 0.4) is 0 Å². The molecule has 1 aromatic carbocycles. The van der Waals surface area contributed by atoms with E-state index in [0.717, 1.165) is 52.0 Å². The Bertz CT molecular complexity index is 747. The Hall–Kier alpha value is -2.63. The fourth-order valence-electron chi connectivity index (χ4n) is 3.84. The smallest absolute Gasteiger partial charge is 0.311 e. The maximum absolute atomic E-state index is 12.6. The molecule has 2 aliphatic rings. The second-order valence-corrected chi connectivity index (χ2v) is 7.06. The summed E-state index contributed by atoms with van der Waals surface area (Å²) in [6.07, 6.45) is 9.08. The first-order chi connectivity index (χ1) is 13.6. The minimum atomic E-state index is -0.555. The Labute approximate surface area is 164 Å². The van der Waals surface area contributed by atoms with Crippen molar-refractivity contribution >= 4 is 11.6 Å². The molecule has 0 bridgehead atoms. The number of hydrogen-bond acceptors (Lipinski definition) is 6. The molecule has 0 spiro atoms. The lowest BCUT2D eigenvalue weighted by atomic mass is 9.89. The van der Waals surface area contributed by atoms with Gasteiger partial charge in [-0.25, -0.2) is 0 Å². The summed E-state index contributed by atoms with van der Waals surface area (Å²) in [5.74, 6) is 2.02. The molecular weight excluding hydrogens is 362 g/mol. The molecule has 8 nitrogen and oxygen atoms in total.